The number of hydrogen-bond acceptors (Lipinski definition) is 6. The Balaban J connectivity index is 1.68. The Morgan fingerprint density at radius 2 is 1.96 bits per heavy atom. The van der Waals surface area contributed by atoms with E-state index in [1.165, 1.54) is 12.8 Å². The first-order valence-corrected chi connectivity index (χ1v) is 9.12. The van der Waals surface area contributed by atoms with E-state index >= 15 is 0 Å². The number of ether oxygens (including phenoxy) is 1. The summed E-state index contributed by atoms with van der Waals surface area (Å²) in [6, 6.07) is 10.2. The average Bonchev–Trinajstić information content (AvgIpc) is 2.67. The smallest absolute Gasteiger partial charge is 0.229 e. The highest BCUT2D eigenvalue weighted by molar-refractivity contribution is 5.73. The number of rotatable bonds is 8. The molecular weight excluding hydrogens is 314 g/mol. The van der Waals surface area contributed by atoms with Crippen LogP contribution in [0.25, 0.3) is 0 Å². The lowest BCUT2D eigenvalue weighted by Gasteiger charge is -2.30. The summed E-state index contributed by atoms with van der Waals surface area (Å²) in [4.78, 5) is 11.3. The summed E-state index contributed by atoms with van der Waals surface area (Å²) in [7, 11) is 0. The molecule has 0 bridgehead atoms. The second-order valence-electron chi connectivity index (χ2n) is 6.14. The molecule has 1 aromatic heterocycles. The molecule has 2 aromatic rings. The molecule has 1 aliphatic heterocycles. The molecule has 1 aromatic carbocycles. The van der Waals surface area contributed by atoms with Crippen LogP contribution in [0.15, 0.2) is 36.5 Å². The number of aromatic nitrogens is 2. The van der Waals surface area contributed by atoms with Crippen LogP contribution in [0.1, 0.15) is 26.2 Å². The van der Waals surface area contributed by atoms with Gasteiger partial charge in [-0.3, -0.25) is 0 Å². The highest BCUT2D eigenvalue weighted by atomic mass is 16.5. The molecule has 1 aliphatic rings. The van der Waals surface area contributed by atoms with Crippen LogP contribution < -0.4 is 15.5 Å². The minimum Gasteiger partial charge on any atom is -0.378 e. The van der Waals surface area contributed by atoms with Crippen LogP contribution in [-0.4, -0.2) is 42.8 Å². The molecule has 0 unspecified atom stereocenters. The van der Waals surface area contributed by atoms with Crippen LogP contribution >= 0.6 is 0 Å². The average molecular weight is 341 g/mol. The Labute approximate surface area is 149 Å². The van der Waals surface area contributed by atoms with Crippen LogP contribution in [0.4, 0.5) is 23.1 Å². The minimum absolute atomic E-state index is 0.612. The summed E-state index contributed by atoms with van der Waals surface area (Å²) in [5, 5.41) is 6.73. The van der Waals surface area contributed by atoms with Gasteiger partial charge in [-0.15, -0.1) is 0 Å². The molecule has 2 heterocycles. The van der Waals surface area contributed by atoms with Crippen LogP contribution in [0.2, 0.25) is 0 Å². The summed E-state index contributed by atoms with van der Waals surface area (Å²) >= 11 is 0. The minimum atomic E-state index is 0.612. The van der Waals surface area contributed by atoms with Crippen molar-refractivity contribution in [3.63, 3.8) is 0 Å². The Morgan fingerprint density at radius 1 is 1.12 bits per heavy atom. The van der Waals surface area contributed by atoms with Crippen molar-refractivity contribution in [3.8, 4) is 0 Å². The molecule has 3 rings (SSSR count). The van der Waals surface area contributed by atoms with Gasteiger partial charge in [-0.1, -0.05) is 31.9 Å². The predicted molar refractivity (Wildman–Crippen MR) is 103 cm³/mol. The summed E-state index contributed by atoms with van der Waals surface area (Å²) in [5.74, 6) is 1.47. The molecule has 6 heteroatoms. The first kappa shape index (κ1) is 17.5. The third-order valence-corrected chi connectivity index (χ3v) is 4.24. The van der Waals surface area contributed by atoms with Crippen LogP contribution in [0.3, 0.4) is 0 Å². The van der Waals surface area contributed by atoms with Gasteiger partial charge >= 0.3 is 0 Å². The van der Waals surface area contributed by atoms with Gasteiger partial charge in [0.05, 0.1) is 24.6 Å². The third-order valence-electron chi connectivity index (χ3n) is 4.24. The fraction of sp³-hybridized carbons (Fsp3) is 0.474. The summed E-state index contributed by atoms with van der Waals surface area (Å²) < 4.78 is 5.45. The van der Waals surface area contributed by atoms with E-state index < -0.39 is 0 Å². The molecular formula is C19H27N5O. The van der Waals surface area contributed by atoms with E-state index in [0.717, 1.165) is 56.5 Å². The lowest BCUT2D eigenvalue weighted by Crippen LogP contribution is -2.36. The van der Waals surface area contributed by atoms with Crippen LogP contribution in [-0.2, 0) is 4.74 Å². The predicted octanol–water partition coefficient (Wildman–Crippen LogP) is 3.66. The quantitative estimate of drug-likeness (QED) is 0.715. The number of nitrogens with one attached hydrogen (secondary N) is 2. The number of hydrogen-bond donors (Lipinski definition) is 2. The molecule has 6 nitrogen and oxygen atoms in total. The second kappa shape index (κ2) is 9.22. The fourth-order valence-corrected chi connectivity index (χ4v) is 2.89. The van der Waals surface area contributed by atoms with Crippen molar-refractivity contribution in [2.45, 2.75) is 26.2 Å². The first-order valence-electron chi connectivity index (χ1n) is 9.12. The van der Waals surface area contributed by atoms with Gasteiger partial charge in [0, 0.05) is 25.8 Å². The lowest BCUT2D eigenvalue weighted by atomic mass is 10.2. The van der Waals surface area contributed by atoms with Gasteiger partial charge in [0.25, 0.3) is 0 Å². The molecule has 134 valence electrons. The van der Waals surface area contributed by atoms with Gasteiger partial charge in [0.15, 0.2) is 0 Å². The molecule has 25 heavy (non-hydrogen) atoms. The number of para-hydroxylation sites is 2. The van der Waals surface area contributed by atoms with E-state index in [1.807, 2.05) is 12.1 Å². The van der Waals surface area contributed by atoms with E-state index in [2.05, 4.69) is 50.6 Å². The van der Waals surface area contributed by atoms with Gasteiger partial charge in [-0.25, -0.2) is 4.98 Å². The molecule has 0 saturated carbocycles. The lowest BCUT2D eigenvalue weighted by molar-refractivity contribution is 0.123. The van der Waals surface area contributed by atoms with Gasteiger partial charge in [0.2, 0.25) is 5.95 Å². The monoisotopic (exact) mass is 341 g/mol. The molecule has 0 atom stereocenters. The zero-order valence-corrected chi connectivity index (χ0v) is 14.9. The summed E-state index contributed by atoms with van der Waals surface area (Å²) in [5.41, 5.74) is 2.18. The van der Waals surface area contributed by atoms with E-state index in [1.54, 1.807) is 6.20 Å². The van der Waals surface area contributed by atoms with E-state index in [4.69, 9.17) is 4.74 Å². The number of unbranched alkanes of at least 4 members (excludes halogenated alkanes) is 2. The molecule has 2 N–H and O–H groups in total. The maximum absolute atomic E-state index is 5.45. The highest BCUT2D eigenvalue weighted by Crippen LogP contribution is 2.28. The molecule has 1 saturated heterocycles. The van der Waals surface area contributed by atoms with E-state index in [-0.39, 0.29) is 0 Å². The zero-order valence-electron chi connectivity index (χ0n) is 14.9. The van der Waals surface area contributed by atoms with Crippen molar-refractivity contribution in [1.82, 2.24) is 9.97 Å². The molecule has 0 amide bonds. The maximum Gasteiger partial charge on any atom is 0.229 e. The standard InChI is InChI=1S/C19H27N5O/c1-2-3-6-10-20-18-9-11-21-19(23-18)22-16-7-4-5-8-17(16)24-12-14-25-15-13-24/h4-5,7-9,11H,2-3,6,10,12-15H2,1H3,(H2,20,21,22,23). The van der Waals surface area contributed by atoms with E-state index in [9.17, 15) is 0 Å². The topological polar surface area (TPSA) is 62.3 Å². The van der Waals surface area contributed by atoms with Gasteiger partial charge in [-0.05, 0) is 24.6 Å². The van der Waals surface area contributed by atoms with Crippen molar-refractivity contribution in [2.24, 2.45) is 0 Å². The fourth-order valence-electron chi connectivity index (χ4n) is 2.89. The Hall–Kier alpha value is -2.34. The molecule has 0 radical (unpaired) electrons. The van der Waals surface area contributed by atoms with Crippen molar-refractivity contribution in [2.75, 3.05) is 48.4 Å². The zero-order chi connectivity index (χ0) is 17.3. The molecule has 0 aliphatic carbocycles. The molecule has 1 fully saturated rings. The number of morpholine rings is 1. The van der Waals surface area contributed by atoms with Crippen molar-refractivity contribution >= 4 is 23.1 Å². The maximum atomic E-state index is 5.45. The van der Waals surface area contributed by atoms with Gasteiger partial charge in [0.1, 0.15) is 5.82 Å². The Bertz CT molecular complexity index is 658. The first-order chi connectivity index (χ1) is 12.4. The van der Waals surface area contributed by atoms with Crippen molar-refractivity contribution < 1.29 is 4.74 Å². The van der Waals surface area contributed by atoms with Gasteiger partial charge in [-0.2, -0.15) is 4.98 Å². The van der Waals surface area contributed by atoms with Crippen LogP contribution in [0, 0.1) is 0 Å². The second-order valence-corrected chi connectivity index (χ2v) is 6.14. The number of anilines is 4. The summed E-state index contributed by atoms with van der Waals surface area (Å²) in [6.07, 6.45) is 5.39. The van der Waals surface area contributed by atoms with Crippen LogP contribution in [0.5, 0.6) is 0 Å². The summed E-state index contributed by atoms with van der Waals surface area (Å²) in [6.45, 7) is 6.48. The largest absolute Gasteiger partial charge is 0.378 e. The number of benzene rings is 1. The highest BCUT2D eigenvalue weighted by Gasteiger charge is 2.15. The molecule has 0 spiro atoms. The third kappa shape index (κ3) is 5.06. The Kier molecular flexibility index (Phi) is 6.45. The Morgan fingerprint density at radius 3 is 2.80 bits per heavy atom. The SMILES string of the molecule is CCCCCNc1ccnc(Nc2ccccc2N2CCOCC2)n1. The van der Waals surface area contributed by atoms with Crippen molar-refractivity contribution in [1.29, 1.82) is 0 Å². The normalized spacial score (nSPS) is 14.4. The van der Waals surface area contributed by atoms with Crippen molar-refractivity contribution in [3.05, 3.63) is 36.5 Å². The van der Waals surface area contributed by atoms with E-state index in [0.29, 0.717) is 5.95 Å². The number of nitrogens with zero attached hydrogens (tertiary/aromatic N) is 3. The van der Waals surface area contributed by atoms with Gasteiger partial charge < -0.3 is 20.3 Å².